The first-order chi connectivity index (χ1) is 27.8. The SMILES string of the molecule is c1ccc(-c2cccc(-c3nc(-c4ccccc4)nc(-n4c5ccccc5c5cccc(-c6ccc7oc8cccc(-c9ccccc9)c8c7c6)c54)n3)c2)cc1. The predicted molar refractivity (Wildman–Crippen MR) is 229 cm³/mol. The molecule has 0 radical (unpaired) electrons. The highest BCUT2D eigenvalue weighted by atomic mass is 16.3. The molecule has 0 aliphatic rings. The summed E-state index contributed by atoms with van der Waals surface area (Å²) < 4.78 is 8.66. The van der Waals surface area contributed by atoms with E-state index in [1.54, 1.807) is 0 Å². The van der Waals surface area contributed by atoms with Gasteiger partial charge in [-0.15, -0.1) is 0 Å². The average Bonchev–Trinajstić information content (AvgIpc) is 3.83. The van der Waals surface area contributed by atoms with E-state index in [4.69, 9.17) is 19.4 Å². The molecule has 0 spiro atoms. The van der Waals surface area contributed by atoms with Crippen LogP contribution in [0.25, 0.3) is 106 Å². The van der Waals surface area contributed by atoms with Crippen molar-refractivity contribution in [3.05, 3.63) is 194 Å². The van der Waals surface area contributed by atoms with Crippen molar-refractivity contribution in [3.63, 3.8) is 0 Å². The van der Waals surface area contributed by atoms with Crippen LogP contribution in [-0.2, 0) is 0 Å². The molecule has 5 heteroatoms. The largest absolute Gasteiger partial charge is 0.456 e. The molecule has 8 aromatic carbocycles. The Morgan fingerprint density at radius 2 is 0.964 bits per heavy atom. The maximum Gasteiger partial charge on any atom is 0.238 e. The summed E-state index contributed by atoms with van der Waals surface area (Å²) in [6.07, 6.45) is 0. The molecular weight excluding hydrogens is 685 g/mol. The molecule has 0 fully saturated rings. The van der Waals surface area contributed by atoms with Crippen molar-refractivity contribution in [1.82, 2.24) is 19.5 Å². The molecule has 56 heavy (non-hydrogen) atoms. The van der Waals surface area contributed by atoms with Gasteiger partial charge in [0.05, 0.1) is 11.0 Å². The summed E-state index contributed by atoms with van der Waals surface area (Å²) in [4.78, 5) is 15.6. The normalized spacial score (nSPS) is 11.6. The van der Waals surface area contributed by atoms with Crippen molar-refractivity contribution >= 4 is 43.7 Å². The van der Waals surface area contributed by atoms with Gasteiger partial charge in [0.15, 0.2) is 11.6 Å². The Morgan fingerprint density at radius 3 is 1.77 bits per heavy atom. The number of hydrogen-bond donors (Lipinski definition) is 0. The molecule has 0 bridgehead atoms. The Balaban J connectivity index is 1.17. The first-order valence-corrected chi connectivity index (χ1v) is 18.8. The lowest BCUT2D eigenvalue weighted by Gasteiger charge is -2.13. The van der Waals surface area contributed by atoms with Crippen molar-refractivity contribution in [1.29, 1.82) is 0 Å². The molecule has 0 saturated heterocycles. The molecule has 3 heterocycles. The molecule has 0 atom stereocenters. The molecule has 0 aliphatic carbocycles. The van der Waals surface area contributed by atoms with E-state index < -0.39 is 0 Å². The first kappa shape index (κ1) is 31.9. The number of nitrogens with zero attached hydrogens (tertiary/aromatic N) is 4. The first-order valence-electron chi connectivity index (χ1n) is 18.8. The number of para-hydroxylation sites is 2. The highest BCUT2D eigenvalue weighted by Crippen LogP contribution is 2.42. The number of benzene rings is 8. The summed E-state index contributed by atoms with van der Waals surface area (Å²) in [5.74, 6) is 1.77. The Bertz CT molecular complexity index is 3240. The number of furan rings is 1. The second kappa shape index (κ2) is 13.0. The molecule has 0 saturated carbocycles. The number of rotatable bonds is 6. The second-order valence-corrected chi connectivity index (χ2v) is 14.0. The highest BCUT2D eigenvalue weighted by Gasteiger charge is 2.21. The standard InChI is InChI=1S/C51H32N4O/c1-4-15-33(16-5-1)36-21-12-22-38(31-36)50-52-49(35-19-8-3-9-20-35)53-51(54-50)55-44-27-11-10-23-41(44)42-26-13-25-40(48(42)55)37-29-30-45-43(32-37)47-39(24-14-28-46(47)56-45)34-17-6-2-7-18-34/h1-32H. The van der Waals surface area contributed by atoms with Crippen molar-refractivity contribution in [2.24, 2.45) is 0 Å². The molecule has 0 amide bonds. The fourth-order valence-corrected chi connectivity index (χ4v) is 8.09. The van der Waals surface area contributed by atoms with Gasteiger partial charge in [-0.3, -0.25) is 4.57 Å². The fourth-order valence-electron chi connectivity index (χ4n) is 8.09. The van der Waals surface area contributed by atoms with Gasteiger partial charge in [0.2, 0.25) is 5.95 Å². The Kier molecular flexibility index (Phi) is 7.42. The van der Waals surface area contributed by atoms with Gasteiger partial charge in [-0.2, -0.15) is 9.97 Å². The smallest absolute Gasteiger partial charge is 0.238 e. The zero-order valence-electron chi connectivity index (χ0n) is 30.2. The van der Waals surface area contributed by atoms with E-state index in [2.05, 4.69) is 174 Å². The van der Waals surface area contributed by atoms with Gasteiger partial charge in [0, 0.05) is 38.2 Å². The van der Waals surface area contributed by atoms with Crippen LogP contribution in [0, 0.1) is 0 Å². The zero-order chi connectivity index (χ0) is 37.0. The minimum absolute atomic E-state index is 0.554. The van der Waals surface area contributed by atoms with Crippen LogP contribution in [0.3, 0.4) is 0 Å². The van der Waals surface area contributed by atoms with Crippen LogP contribution in [0.15, 0.2) is 199 Å². The third-order valence-electron chi connectivity index (χ3n) is 10.7. The minimum Gasteiger partial charge on any atom is -0.456 e. The number of fused-ring (bicyclic) bond motifs is 6. The van der Waals surface area contributed by atoms with Crippen molar-refractivity contribution < 1.29 is 4.42 Å². The summed E-state index contributed by atoms with van der Waals surface area (Å²) in [5.41, 5.74) is 12.3. The molecule has 262 valence electrons. The minimum atomic E-state index is 0.554. The van der Waals surface area contributed by atoms with Crippen molar-refractivity contribution in [2.75, 3.05) is 0 Å². The molecule has 3 aromatic heterocycles. The molecule has 0 aliphatic heterocycles. The van der Waals surface area contributed by atoms with Gasteiger partial charge >= 0.3 is 0 Å². The van der Waals surface area contributed by atoms with E-state index in [-0.39, 0.29) is 0 Å². The van der Waals surface area contributed by atoms with Crippen LogP contribution in [0.4, 0.5) is 0 Å². The fraction of sp³-hybridized carbons (Fsp3) is 0. The van der Waals surface area contributed by atoms with Gasteiger partial charge in [-0.25, -0.2) is 4.98 Å². The van der Waals surface area contributed by atoms with Gasteiger partial charge in [-0.05, 0) is 58.1 Å². The maximum atomic E-state index is 6.45. The van der Waals surface area contributed by atoms with Crippen LogP contribution < -0.4 is 0 Å². The van der Waals surface area contributed by atoms with Crippen LogP contribution in [0.2, 0.25) is 0 Å². The lowest BCUT2D eigenvalue weighted by Crippen LogP contribution is -2.07. The monoisotopic (exact) mass is 716 g/mol. The van der Waals surface area contributed by atoms with Crippen LogP contribution in [0.5, 0.6) is 0 Å². The lowest BCUT2D eigenvalue weighted by atomic mass is 9.96. The molecule has 0 unspecified atom stereocenters. The summed E-state index contributed by atoms with van der Waals surface area (Å²) >= 11 is 0. The Labute approximate surface area is 322 Å². The van der Waals surface area contributed by atoms with E-state index in [0.717, 1.165) is 88.3 Å². The predicted octanol–water partition coefficient (Wildman–Crippen LogP) is 13.2. The summed E-state index contributed by atoms with van der Waals surface area (Å²) in [6, 6.07) is 67.4. The second-order valence-electron chi connectivity index (χ2n) is 14.0. The van der Waals surface area contributed by atoms with E-state index >= 15 is 0 Å². The molecular formula is C51H32N4O. The van der Waals surface area contributed by atoms with E-state index in [9.17, 15) is 0 Å². The summed E-state index contributed by atoms with van der Waals surface area (Å²) in [7, 11) is 0. The third-order valence-corrected chi connectivity index (χ3v) is 10.7. The lowest BCUT2D eigenvalue weighted by molar-refractivity contribution is 0.669. The quantitative estimate of drug-likeness (QED) is 0.172. The molecule has 5 nitrogen and oxygen atoms in total. The van der Waals surface area contributed by atoms with Gasteiger partial charge in [0.25, 0.3) is 0 Å². The third kappa shape index (κ3) is 5.29. The van der Waals surface area contributed by atoms with E-state index in [0.29, 0.717) is 17.6 Å². The summed E-state index contributed by atoms with van der Waals surface area (Å²) in [5, 5.41) is 4.42. The Hall–Kier alpha value is -7.63. The van der Waals surface area contributed by atoms with Crippen molar-refractivity contribution in [2.45, 2.75) is 0 Å². The van der Waals surface area contributed by atoms with Crippen LogP contribution in [0.1, 0.15) is 0 Å². The zero-order valence-corrected chi connectivity index (χ0v) is 30.2. The van der Waals surface area contributed by atoms with Gasteiger partial charge < -0.3 is 4.42 Å². The number of hydrogen-bond acceptors (Lipinski definition) is 4. The van der Waals surface area contributed by atoms with Crippen LogP contribution in [-0.4, -0.2) is 19.5 Å². The van der Waals surface area contributed by atoms with Gasteiger partial charge in [-0.1, -0.05) is 164 Å². The highest BCUT2D eigenvalue weighted by molar-refractivity contribution is 6.16. The van der Waals surface area contributed by atoms with E-state index in [1.165, 1.54) is 0 Å². The number of aromatic nitrogens is 4. The summed E-state index contributed by atoms with van der Waals surface area (Å²) in [6.45, 7) is 0. The van der Waals surface area contributed by atoms with Crippen LogP contribution >= 0.6 is 0 Å². The topological polar surface area (TPSA) is 56.7 Å². The average molecular weight is 717 g/mol. The molecule has 0 N–H and O–H groups in total. The van der Waals surface area contributed by atoms with Gasteiger partial charge in [0.1, 0.15) is 11.2 Å². The molecule has 11 aromatic rings. The van der Waals surface area contributed by atoms with Crippen molar-refractivity contribution in [3.8, 4) is 62.1 Å². The molecule has 11 rings (SSSR count). The van der Waals surface area contributed by atoms with E-state index in [1.807, 2.05) is 24.3 Å². The maximum absolute atomic E-state index is 6.45. The Morgan fingerprint density at radius 1 is 0.357 bits per heavy atom.